The second-order valence-corrected chi connectivity index (χ2v) is 7.31. The van der Waals surface area contributed by atoms with Crippen LogP contribution in [-0.2, 0) is 21.9 Å². The van der Waals surface area contributed by atoms with Crippen LogP contribution in [0.3, 0.4) is 0 Å². The molecule has 1 atom stereocenters. The number of aryl methyl sites for hydroxylation is 1. The summed E-state index contributed by atoms with van der Waals surface area (Å²) < 4.78 is 13.7. The summed E-state index contributed by atoms with van der Waals surface area (Å²) >= 11 is 1.35. The number of benzene rings is 2. The van der Waals surface area contributed by atoms with Crippen LogP contribution in [0.5, 0.6) is 0 Å². The van der Waals surface area contributed by atoms with Gasteiger partial charge in [0.15, 0.2) is 0 Å². The number of likely N-dealkylation sites (N-methyl/N-ethyl adjacent to an activating group) is 1. The van der Waals surface area contributed by atoms with Crippen molar-refractivity contribution < 1.29 is 14.0 Å². The molecule has 0 saturated carbocycles. The molecule has 144 valence electrons. The number of halogens is 1. The van der Waals surface area contributed by atoms with E-state index in [-0.39, 0.29) is 23.4 Å². The summed E-state index contributed by atoms with van der Waals surface area (Å²) in [5, 5.41) is 2.60. The van der Waals surface area contributed by atoms with Crippen molar-refractivity contribution in [2.45, 2.75) is 32.2 Å². The van der Waals surface area contributed by atoms with Gasteiger partial charge in [-0.05, 0) is 36.6 Å². The lowest BCUT2D eigenvalue weighted by Crippen LogP contribution is -2.47. The molecule has 6 heteroatoms. The highest BCUT2D eigenvalue weighted by molar-refractivity contribution is 7.99. The highest BCUT2D eigenvalue weighted by Gasteiger charge is 2.25. The van der Waals surface area contributed by atoms with Gasteiger partial charge in [0.25, 0.3) is 0 Å². The van der Waals surface area contributed by atoms with Crippen LogP contribution in [0.4, 0.5) is 4.39 Å². The minimum absolute atomic E-state index is 0.143. The molecule has 0 bridgehead atoms. The second-order valence-electron chi connectivity index (χ2n) is 6.32. The number of thioether (sulfide) groups is 1. The first-order valence-electron chi connectivity index (χ1n) is 8.80. The van der Waals surface area contributed by atoms with Crippen LogP contribution in [0, 0.1) is 12.7 Å². The van der Waals surface area contributed by atoms with Crippen LogP contribution in [0.15, 0.2) is 48.5 Å². The van der Waals surface area contributed by atoms with E-state index in [4.69, 9.17) is 0 Å². The summed E-state index contributed by atoms with van der Waals surface area (Å²) in [4.78, 5) is 26.5. The smallest absolute Gasteiger partial charge is 0.242 e. The van der Waals surface area contributed by atoms with E-state index in [1.165, 1.54) is 17.8 Å². The van der Waals surface area contributed by atoms with Crippen LogP contribution in [-0.4, -0.2) is 35.6 Å². The number of nitrogens with zero attached hydrogens (tertiary/aromatic N) is 1. The quantitative estimate of drug-likeness (QED) is 0.753. The van der Waals surface area contributed by atoms with Gasteiger partial charge in [0, 0.05) is 19.3 Å². The third kappa shape index (κ3) is 5.82. The molecule has 0 aliphatic carbocycles. The van der Waals surface area contributed by atoms with Gasteiger partial charge in [-0.3, -0.25) is 9.59 Å². The van der Waals surface area contributed by atoms with Crippen molar-refractivity contribution in [2.75, 3.05) is 12.8 Å². The average molecular weight is 389 g/mol. The van der Waals surface area contributed by atoms with E-state index in [2.05, 4.69) is 5.32 Å². The predicted octanol–water partition coefficient (Wildman–Crippen LogP) is 3.53. The third-order valence-electron chi connectivity index (χ3n) is 4.46. The molecule has 2 aromatic carbocycles. The van der Waals surface area contributed by atoms with E-state index < -0.39 is 6.04 Å². The molecule has 0 unspecified atom stereocenters. The Hall–Kier alpha value is -2.34. The molecule has 0 aromatic heterocycles. The van der Waals surface area contributed by atoms with Gasteiger partial charge in [0.05, 0.1) is 5.75 Å². The van der Waals surface area contributed by atoms with Crippen molar-refractivity contribution in [2.24, 2.45) is 0 Å². The first-order chi connectivity index (χ1) is 12.9. The zero-order valence-electron chi connectivity index (χ0n) is 15.9. The lowest BCUT2D eigenvalue weighted by Gasteiger charge is -2.29. The topological polar surface area (TPSA) is 49.4 Å². The standard InChI is InChI=1S/C21H25FN2O2S/c1-15-8-4-5-9-17(15)12-24(16(2)21(26)23-3)20(25)14-27-13-18-10-6-7-11-19(18)22/h4-11,16H,12-14H2,1-3H3,(H,23,26)/t16-/m0/s1. The maximum absolute atomic E-state index is 13.7. The molecule has 0 aliphatic heterocycles. The number of carbonyl (C=O) groups excluding carboxylic acids is 2. The summed E-state index contributed by atoms with van der Waals surface area (Å²) in [6, 6.07) is 13.8. The SMILES string of the molecule is CNC(=O)[C@H](C)N(Cc1ccccc1C)C(=O)CSCc1ccccc1F. The van der Waals surface area contributed by atoms with Gasteiger partial charge < -0.3 is 10.2 Å². The zero-order chi connectivity index (χ0) is 19.8. The molecule has 4 nitrogen and oxygen atoms in total. The van der Waals surface area contributed by atoms with Crippen LogP contribution >= 0.6 is 11.8 Å². The summed E-state index contributed by atoms with van der Waals surface area (Å²) in [6.45, 7) is 4.06. The first kappa shape index (κ1) is 21.0. The minimum atomic E-state index is -0.587. The maximum atomic E-state index is 13.7. The molecular weight excluding hydrogens is 363 g/mol. The highest BCUT2D eigenvalue weighted by Crippen LogP contribution is 2.18. The van der Waals surface area contributed by atoms with Gasteiger partial charge in [-0.15, -0.1) is 11.8 Å². The molecule has 0 fully saturated rings. The molecule has 2 amide bonds. The Balaban J connectivity index is 2.07. The molecule has 1 N–H and O–H groups in total. The number of amides is 2. The average Bonchev–Trinajstić information content (AvgIpc) is 2.67. The lowest BCUT2D eigenvalue weighted by molar-refractivity contribution is -0.138. The molecule has 2 rings (SSSR count). The Bertz CT molecular complexity index is 797. The first-order valence-corrected chi connectivity index (χ1v) is 9.96. The van der Waals surface area contributed by atoms with Crippen molar-refractivity contribution in [1.82, 2.24) is 10.2 Å². The van der Waals surface area contributed by atoms with Crippen LogP contribution in [0.25, 0.3) is 0 Å². The zero-order valence-corrected chi connectivity index (χ0v) is 16.7. The summed E-state index contributed by atoms with van der Waals surface area (Å²) in [7, 11) is 1.56. The second kappa shape index (κ2) is 10.1. The minimum Gasteiger partial charge on any atom is -0.357 e. The Morgan fingerprint density at radius 2 is 1.74 bits per heavy atom. The van der Waals surface area contributed by atoms with Gasteiger partial charge in [-0.1, -0.05) is 42.5 Å². The normalized spacial score (nSPS) is 11.7. The van der Waals surface area contributed by atoms with Crippen LogP contribution in [0.1, 0.15) is 23.6 Å². The van der Waals surface area contributed by atoms with Crippen molar-refractivity contribution in [3.8, 4) is 0 Å². The van der Waals surface area contributed by atoms with Crippen LogP contribution in [0.2, 0.25) is 0 Å². The Labute approximate surface area is 164 Å². The van der Waals surface area contributed by atoms with E-state index >= 15 is 0 Å². The fourth-order valence-electron chi connectivity index (χ4n) is 2.71. The van der Waals surface area contributed by atoms with Crippen molar-refractivity contribution in [3.63, 3.8) is 0 Å². The maximum Gasteiger partial charge on any atom is 0.242 e. The van der Waals surface area contributed by atoms with Crippen molar-refractivity contribution in [1.29, 1.82) is 0 Å². The molecule has 0 radical (unpaired) electrons. The summed E-state index contributed by atoms with van der Waals surface area (Å²) in [5.41, 5.74) is 2.64. The Morgan fingerprint density at radius 3 is 2.37 bits per heavy atom. The number of hydrogen-bond acceptors (Lipinski definition) is 3. The monoisotopic (exact) mass is 388 g/mol. The number of carbonyl (C=O) groups is 2. The molecule has 0 heterocycles. The van der Waals surface area contributed by atoms with E-state index in [9.17, 15) is 14.0 Å². The van der Waals surface area contributed by atoms with Crippen molar-refractivity contribution >= 4 is 23.6 Å². The fourth-order valence-corrected chi connectivity index (χ4v) is 3.61. The van der Waals surface area contributed by atoms with Gasteiger partial charge in [-0.2, -0.15) is 0 Å². The van der Waals surface area contributed by atoms with Crippen molar-refractivity contribution in [3.05, 3.63) is 71.0 Å². The Morgan fingerprint density at radius 1 is 1.11 bits per heavy atom. The Kier molecular flexibility index (Phi) is 7.85. The number of hydrogen-bond donors (Lipinski definition) is 1. The highest BCUT2D eigenvalue weighted by atomic mass is 32.2. The van der Waals surface area contributed by atoms with Gasteiger partial charge >= 0.3 is 0 Å². The van der Waals surface area contributed by atoms with Gasteiger partial charge in [0.2, 0.25) is 11.8 Å². The molecule has 2 aromatic rings. The molecule has 0 aliphatic rings. The molecule has 0 spiro atoms. The van der Waals surface area contributed by atoms with Gasteiger partial charge in [-0.25, -0.2) is 4.39 Å². The molecule has 27 heavy (non-hydrogen) atoms. The molecule has 0 saturated heterocycles. The van der Waals surface area contributed by atoms with Crippen LogP contribution < -0.4 is 5.32 Å². The fraction of sp³-hybridized carbons (Fsp3) is 0.333. The van der Waals surface area contributed by atoms with E-state index in [1.807, 2.05) is 31.2 Å². The summed E-state index contributed by atoms with van der Waals surface area (Å²) in [6.07, 6.45) is 0. The summed E-state index contributed by atoms with van der Waals surface area (Å²) in [5.74, 6) is -0.0355. The number of nitrogens with one attached hydrogen (secondary N) is 1. The largest absolute Gasteiger partial charge is 0.357 e. The van der Waals surface area contributed by atoms with E-state index in [1.54, 1.807) is 37.1 Å². The predicted molar refractivity (Wildman–Crippen MR) is 108 cm³/mol. The van der Waals surface area contributed by atoms with E-state index in [0.717, 1.165) is 11.1 Å². The van der Waals surface area contributed by atoms with E-state index in [0.29, 0.717) is 17.9 Å². The lowest BCUT2D eigenvalue weighted by atomic mass is 10.1. The van der Waals surface area contributed by atoms with Gasteiger partial charge in [0.1, 0.15) is 11.9 Å². The molecular formula is C21H25FN2O2S. The number of rotatable bonds is 8. The third-order valence-corrected chi connectivity index (χ3v) is 5.42.